The van der Waals surface area contributed by atoms with E-state index in [1.165, 1.54) is 5.56 Å². The Morgan fingerprint density at radius 3 is 2.55 bits per heavy atom. The number of ether oxygens (including phenoxy) is 3. The molecule has 1 aromatic carbocycles. The lowest BCUT2D eigenvalue weighted by molar-refractivity contribution is -0.137. The maximum Gasteiger partial charge on any atom is 0.163 e. The topological polar surface area (TPSA) is 39.7 Å². The van der Waals surface area contributed by atoms with Crippen LogP contribution in [0.3, 0.4) is 0 Å². The highest BCUT2D eigenvalue weighted by Gasteiger charge is 2.32. The van der Waals surface area contributed by atoms with Gasteiger partial charge >= 0.3 is 0 Å². The van der Waals surface area contributed by atoms with Gasteiger partial charge in [-0.05, 0) is 45.4 Å². The van der Waals surface area contributed by atoms with Crippen molar-refractivity contribution in [3.05, 3.63) is 29.8 Å². The van der Waals surface area contributed by atoms with Gasteiger partial charge in [-0.25, -0.2) is 0 Å². The number of nitrogens with one attached hydrogen (secondary N) is 1. The maximum absolute atomic E-state index is 5.74. The van der Waals surface area contributed by atoms with Gasteiger partial charge in [-0.1, -0.05) is 12.1 Å². The maximum atomic E-state index is 5.74. The van der Waals surface area contributed by atoms with E-state index < -0.39 is 5.79 Å². The molecular formula is C16H25NO3. The van der Waals surface area contributed by atoms with Gasteiger partial charge in [0.2, 0.25) is 0 Å². The molecule has 1 N–H and O–H groups in total. The van der Waals surface area contributed by atoms with Crippen molar-refractivity contribution >= 4 is 0 Å². The molecule has 1 heterocycles. The summed E-state index contributed by atoms with van der Waals surface area (Å²) in [6.07, 6.45) is 0.343. The van der Waals surface area contributed by atoms with E-state index in [-0.39, 0.29) is 12.2 Å². The lowest BCUT2D eigenvalue weighted by Gasteiger charge is -2.17. The van der Waals surface area contributed by atoms with E-state index in [0.29, 0.717) is 6.61 Å². The third-order valence-corrected chi connectivity index (χ3v) is 3.06. The minimum absolute atomic E-state index is 0.133. The van der Waals surface area contributed by atoms with Crippen molar-refractivity contribution in [1.29, 1.82) is 0 Å². The largest absolute Gasteiger partial charge is 0.491 e. The summed E-state index contributed by atoms with van der Waals surface area (Å²) in [6, 6.07) is 8.19. The quantitative estimate of drug-likeness (QED) is 0.869. The zero-order valence-corrected chi connectivity index (χ0v) is 12.8. The van der Waals surface area contributed by atoms with Crippen LogP contribution in [0.25, 0.3) is 0 Å². The second-order valence-electron chi connectivity index (χ2n) is 5.89. The third kappa shape index (κ3) is 4.78. The standard InChI is InChI=1S/C16H25NO3/c1-12(2)19-14-7-5-13(6-8-14)9-17-10-15-11-18-16(3,4)20-15/h5-8,12,15,17H,9-11H2,1-4H3. The molecule has 2 rings (SSSR count). The molecule has 20 heavy (non-hydrogen) atoms. The molecule has 0 radical (unpaired) electrons. The van der Waals surface area contributed by atoms with Crippen LogP contribution in [0.15, 0.2) is 24.3 Å². The van der Waals surface area contributed by atoms with Crippen LogP contribution in [0.2, 0.25) is 0 Å². The molecule has 0 spiro atoms. The molecule has 0 aliphatic carbocycles. The summed E-state index contributed by atoms with van der Waals surface area (Å²) in [6.45, 7) is 10.2. The summed E-state index contributed by atoms with van der Waals surface area (Å²) in [5, 5.41) is 3.40. The molecule has 1 fully saturated rings. The highest BCUT2D eigenvalue weighted by molar-refractivity contribution is 5.27. The van der Waals surface area contributed by atoms with Crippen molar-refractivity contribution in [3.8, 4) is 5.75 Å². The van der Waals surface area contributed by atoms with Gasteiger partial charge in [0.25, 0.3) is 0 Å². The summed E-state index contributed by atoms with van der Waals surface area (Å²) in [4.78, 5) is 0. The molecule has 1 saturated heterocycles. The van der Waals surface area contributed by atoms with E-state index in [1.807, 2.05) is 39.8 Å². The van der Waals surface area contributed by atoms with Gasteiger partial charge in [-0.2, -0.15) is 0 Å². The summed E-state index contributed by atoms with van der Waals surface area (Å²) < 4.78 is 16.9. The SMILES string of the molecule is CC(C)Oc1ccc(CNCC2COC(C)(C)O2)cc1. The summed E-state index contributed by atoms with van der Waals surface area (Å²) in [7, 11) is 0. The average Bonchev–Trinajstić information content (AvgIpc) is 2.70. The van der Waals surface area contributed by atoms with E-state index in [2.05, 4.69) is 17.4 Å². The van der Waals surface area contributed by atoms with Gasteiger partial charge < -0.3 is 19.5 Å². The highest BCUT2D eigenvalue weighted by Crippen LogP contribution is 2.21. The second kappa shape index (κ2) is 6.57. The van der Waals surface area contributed by atoms with Crippen molar-refractivity contribution in [3.63, 3.8) is 0 Å². The van der Waals surface area contributed by atoms with Crippen LogP contribution in [0, 0.1) is 0 Å². The van der Waals surface area contributed by atoms with Gasteiger partial charge in [-0.3, -0.25) is 0 Å². The zero-order valence-electron chi connectivity index (χ0n) is 12.8. The van der Waals surface area contributed by atoms with Crippen molar-refractivity contribution in [2.75, 3.05) is 13.2 Å². The zero-order chi connectivity index (χ0) is 14.6. The van der Waals surface area contributed by atoms with Crippen LogP contribution >= 0.6 is 0 Å². The molecular weight excluding hydrogens is 254 g/mol. The van der Waals surface area contributed by atoms with Crippen LogP contribution in [0.1, 0.15) is 33.3 Å². The second-order valence-corrected chi connectivity index (χ2v) is 5.89. The Labute approximate surface area is 121 Å². The Hall–Kier alpha value is -1.10. The molecule has 1 unspecified atom stereocenters. The smallest absolute Gasteiger partial charge is 0.163 e. The Balaban J connectivity index is 1.72. The Morgan fingerprint density at radius 1 is 1.30 bits per heavy atom. The fraction of sp³-hybridized carbons (Fsp3) is 0.625. The minimum atomic E-state index is -0.442. The molecule has 1 aliphatic heterocycles. The van der Waals surface area contributed by atoms with E-state index in [1.54, 1.807) is 0 Å². The predicted molar refractivity (Wildman–Crippen MR) is 78.8 cm³/mol. The van der Waals surface area contributed by atoms with Crippen LogP contribution in [0.4, 0.5) is 0 Å². The first kappa shape index (κ1) is 15.3. The summed E-state index contributed by atoms with van der Waals surface area (Å²) in [5.41, 5.74) is 1.24. The van der Waals surface area contributed by atoms with Gasteiger partial charge in [-0.15, -0.1) is 0 Å². The first-order valence-electron chi connectivity index (χ1n) is 7.23. The fourth-order valence-corrected chi connectivity index (χ4v) is 2.20. The van der Waals surface area contributed by atoms with Crippen molar-refractivity contribution in [2.45, 2.75) is 52.2 Å². The molecule has 0 saturated carbocycles. The first-order chi connectivity index (χ1) is 9.44. The number of hydrogen-bond donors (Lipinski definition) is 1. The molecule has 1 atom stereocenters. The van der Waals surface area contributed by atoms with E-state index in [9.17, 15) is 0 Å². The van der Waals surface area contributed by atoms with Crippen molar-refractivity contribution < 1.29 is 14.2 Å². The van der Waals surface area contributed by atoms with E-state index in [0.717, 1.165) is 18.8 Å². The molecule has 4 nitrogen and oxygen atoms in total. The van der Waals surface area contributed by atoms with Crippen LogP contribution in [0.5, 0.6) is 5.75 Å². The van der Waals surface area contributed by atoms with Crippen LogP contribution in [-0.2, 0) is 16.0 Å². The van der Waals surface area contributed by atoms with Crippen LogP contribution < -0.4 is 10.1 Å². The van der Waals surface area contributed by atoms with Crippen LogP contribution in [-0.4, -0.2) is 31.1 Å². The van der Waals surface area contributed by atoms with Crippen molar-refractivity contribution in [2.24, 2.45) is 0 Å². The predicted octanol–water partition coefficient (Wildman–Crippen LogP) is 2.71. The number of benzene rings is 1. The molecule has 0 aromatic heterocycles. The number of rotatable bonds is 6. The lowest BCUT2D eigenvalue weighted by atomic mass is 10.2. The molecule has 1 aliphatic rings. The number of hydrogen-bond acceptors (Lipinski definition) is 4. The summed E-state index contributed by atoms with van der Waals surface area (Å²) in [5.74, 6) is 0.473. The molecule has 0 amide bonds. The van der Waals surface area contributed by atoms with Gasteiger partial charge in [0.15, 0.2) is 5.79 Å². The third-order valence-electron chi connectivity index (χ3n) is 3.06. The van der Waals surface area contributed by atoms with Gasteiger partial charge in [0.05, 0.1) is 18.8 Å². The Morgan fingerprint density at radius 2 is 2.00 bits per heavy atom. The van der Waals surface area contributed by atoms with Gasteiger partial charge in [0, 0.05) is 13.1 Å². The molecule has 0 bridgehead atoms. The average molecular weight is 279 g/mol. The summed E-state index contributed by atoms with van der Waals surface area (Å²) >= 11 is 0. The monoisotopic (exact) mass is 279 g/mol. The van der Waals surface area contributed by atoms with Gasteiger partial charge in [0.1, 0.15) is 5.75 Å². The van der Waals surface area contributed by atoms with E-state index in [4.69, 9.17) is 14.2 Å². The Bertz CT molecular complexity index is 414. The highest BCUT2D eigenvalue weighted by atomic mass is 16.7. The first-order valence-corrected chi connectivity index (χ1v) is 7.23. The lowest BCUT2D eigenvalue weighted by Crippen LogP contribution is -2.30. The Kier molecular flexibility index (Phi) is 5.02. The normalized spacial score (nSPS) is 21.4. The van der Waals surface area contributed by atoms with E-state index >= 15 is 0 Å². The molecule has 1 aromatic rings. The molecule has 112 valence electrons. The molecule has 4 heteroatoms. The van der Waals surface area contributed by atoms with Crippen molar-refractivity contribution in [1.82, 2.24) is 5.32 Å². The fourth-order valence-electron chi connectivity index (χ4n) is 2.20. The minimum Gasteiger partial charge on any atom is -0.491 e.